The standard InChI is InChI=1S/C17H22N2O/c1-2-16-11-15(13-18)12-17(19-16)20-10-6-9-14-7-4-3-5-8-14/h3-5,7-8,11-12H,2,6,9-10,13,18H2,1H3. The first-order chi connectivity index (χ1) is 9.81. The fraction of sp³-hybridized carbons (Fsp3) is 0.353. The van der Waals surface area contributed by atoms with Crippen LogP contribution in [0.4, 0.5) is 0 Å². The van der Waals surface area contributed by atoms with Gasteiger partial charge in [0, 0.05) is 18.3 Å². The highest BCUT2D eigenvalue weighted by atomic mass is 16.5. The molecule has 0 bridgehead atoms. The molecule has 0 aliphatic carbocycles. The van der Waals surface area contributed by atoms with Crippen molar-refractivity contribution in [2.45, 2.75) is 32.7 Å². The van der Waals surface area contributed by atoms with Crippen LogP contribution in [0.3, 0.4) is 0 Å². The molecule has 0 saturated heterocycles. The number of hydrogen-bond acceptors (Lipinski definition) is 3. The van der Waals surface area contributed by atoms with Gasteiger partial charge in [0.05, 0.1) is 6.61 Å². The summed E-state index contributed by atoms with van der Waals surface area (Å²) in [6.07, 6.45) is 2.91. The molecule has 0 fully saturated rings. The summed E-state index contributed by atoms with van der Waals surface area (Å²) in [6.45, 7) is 3.29. The van der Waals surface area contributed by atoms with Crippen molar-refractivity contribution in [2.75, 3.05) is 6.61 Å². The van der Waals surface area contributed by atoms with Crippen molar-refractivity contribution in [2.24, 2.45) is 5.73 Å². The van der Waals surface area contributed by atoms with E-state index in [0.29, 0.717) is 19.0 Å². The molecule has 2 aromatic rings. The van der Waals surface area contributed by atoms with E-state index in [9.17, 15) is 0 Å². The van der Waals surface area contributed by atoms with Crippen molar-refractivity contribution in [1.82, 2.24) is 4.98 Å². The Hall–Kier alpha value is -1.87. The molecule has 1 aromatic heterocycles. The summed E-state index contributed by atoms with van der Waals surface area (Å²) >= 11 is 0. The van der Waals surface area contributed by atoms with E-state index in [1.165, 1.54) is 5.56 Å². The number of pyridine rings is 1. The summed E-state index contributed by atoms with van der Waals surface area (Å²) < 4.78 is 5.75. The van der Waals surface area contributed by atoms with E-state index in [0.717, 1.165) is 30.5 Å². The van der Waals surface area contributed by atoms with E-state index in [4.69, 9.17) is 10.5 Å². The lowest BCUT2D eigenvalue weighted by atomic mass is 10.1. The fourth-order valence-corrected chi connectivity index (χ4v) is 2.09. The second-order valence-electron chi connectivity index (χ2n) is 4.80. The van der Waals surface area contributed by atoms with E-state index in [1.54, 1.807) is 0 Å². The maximum Gasteiger partial charge on any atom is 0.213 e. The van der Waals surface area contributed by atoms with Gasteiger partial charge in [0.15, 0.2) is 0 Å². The number of ether oxygens (including phenoxy) is 1. The van der Waals surface area contributed by atoms with Crippen molar-refractivity contribution < 1.29 is 4.74 Å². The normalized spacial score (nSPS) is 10.5. The van der Waals surface area contributed by atoms with Crippen LogP contribution in [-0.2, 0) is 19.4 Å². The zero-order chi connectivity index (χ0) is 14.2. The Morgan fingerprint density at radius 1 is 1.10 bits per heavy atom. The maximum atomic E-state index is 5.75. The molecule has 0 spiro atoms. The highest BCUT2D eigenvalue weighted by Crippen LogP contribution is 2.13. The smallest absolute Gasteiger partial charge is 0.213 e. The third kappa shape index (κ3) is 4.35. The Balaban J connectivity index is 1.84. The summed E-state index contributed by atoms with van der Waals surface area (Å²) in [4.78, 5) is 4.47. The minimum Gasteiger partial charge on any atom is -0.478 e. The molecule has 0 radical (unpaired) electrons. The second kappa shape index (κ2) is 7.65. The highest BCUT2D eigenvalue weighted by molar-refractivity contribution is 5.25. The Kier molecular flexibility index (Phi) is 5.56. The third-order valence-electron chi connectivity index (χ3n) is 3.22. The summed E-state index contributed by atoms with van der Waals surface area (Å²) in [5, 5.41) is 0. The number of nitrogens with zero attached hydrogens (tertiary/aromatic N) is 1. The number of nitrogens with two attached hydrogens (primary N) is 1. The van der Waals surface area contributed by atoms with Gasteiger partial charge in [-0.15, -0.1) is 0 Å². The molecule has 0 unspecified atom stereocenters. The zero-order valence-corrected chi connectivity index (χ0v) is 12.0. The first-order valence-electron chi connectivity index (χ1n) is 7.18. The molecule has 3 heteroatoms. The van der Waals surface area contributed by atoms with Crippen molar-refractivity contribution in [3.63, 3.8) is 0 Å². The second-order valence-corrected chi connectivity index (χ2v) is 4.80. The van der Waals surface area contributed by atoms with Crippen molar-refractivity contribution in [3.05, 3.63) is 59.3 Å². The van der Waals surface area contributed by atoms with Gasteiger partial charge in [-0.05, 0) is 36.5 Å². The maximum absolute atomic E-state index is 5.75. The predicted octanol–water partition coefficient (Wildman–Crippen LogP) is 3.11. The SMILES string of the molecule is CCc1cc(CN)cc(OCCCc2ccccc2)n1. The van der Waals surface area contributed by atoms with E-state index in [-0.39, 0.29) is 0 Å². The minimum atomic E-state index is 0.524. The van der Waals surface area contributed by atoms with Crippen LogP contribution in [0.25, 0.3) is 0 Å². The monoisotopic (exact) mass is 270 g/mol. The van der Waals surface area contributed by atoms with Crippen LogP contribution in [0.5, 0.6) is 5.88 Å². The summed E-state index contributed by atoms with van der Waals surface area (Å²) in [5.41, 5.74) is 9.14. The summed E-state index contributed by atoms with van der Waals surface area (Å²) in [7, 11) is 0. The van der Waals surface area contributed by atoms with Gasteiger partial charge in [-0.3, -0.25) is 0 Å². The van der Waals surface area contributed by atoms with Gasteiger partial charge >= 0.3 is 0 Å². The Morgan fingerprint density at radius 2 is 1.90 bits per heavy atom. The first-order valence-corrected chi connectivity index (χ1v) is 7.18. The van der Waals surface area contributed by atoms with Gasteiger partial charge in [-0.1, -0.05) is 37.3 Å². The van der Waals surface area contributed by atoms with Crippen molar-refractivity contribution >= 4 is 0 Å². The van der Waals surface area contributed by atoms with E-state index < -0.39 is 0 Å². The molecule has 0 amide bonds. The Morgan fingerprint density at radius 3 is 2.60 bits per heavy atom. The number of benzene rings is 1. The van der Waals surface area contributed by atoms with E-state index >= 15 is 0 Å². The first kappa shape index (κ1) is 14.5. The van der Waals surface area contributed by atoms with Gasteiger partial charge in [-0.2, -0.15) is 0 Å². The van der Waals surface area contributed by atoms with Crippen molar-refractivity contribution in [3.8, 4) is 5.88 Å². The number of rotatable bonds is 7. The van der Waals surface area contributed by atoms with Gasteiger partial charge in [0.1, 0.15) is 0 Å². The van der Waals surface area contributed by atoms with Crippen LogP contribution in [-0.4, -0.2) is 11.6 Å². The average molecular weight is 270 g/mol. The molecule has 3 nitrogen and oxygen atoms in total. The topological polar surface area (TPSA) is 48.1 Å². The lowest BCUT2D eigenvalue weighted by Gasteiger charge is -2.09. The molecule has 0 aliphatic heterocycles. The average Bonchev–Trinajstić information content (AvgIpc) is 2.52. The van der Waals surface area contributed by atoms with E-state index in [2.05, 4.69) is 36.2 Å². The fourth-order valence-electron chi connectivity index (χ4n) is 2.09. The van der Waals surface area contributed by atoms with Crippen LogP contribution in [0.1, 0.15) is 30.2 Å². The molecule has 0 aliphatic rings. The van der Waals surface area contributed by atoms with E-state index in [1.807, 2.05) is 18.2 Å². The number of aryl methyl sites for hydroxylation is 2. The molecule has 20 heavy (non-hydrogen) atoms. The lowest BCUT2D eigenvalue weighted by molar-refractivity contribution is 0.298. The number of hydrogen-bond donors (Lipinski definition) is 1. The molecule has 1 aromatic carbocycles. The zero-order valence-electron chi connectivity index (χ0n) is 12.0. The Labute approximate surface area is 120 Å². The third-order valence-corrected chi connectivity index (χ3v) is 3.22. The van der Waals surface area contributed by atoms with Gasteiger partial charge in [-0.25, -0.2) is 4.98 Å². The van der Waals surface area contributed by atoms with Crippen LogP contribution in [0.15, 0.2) is 42.5 Å². The van der Waals surface area contributed by atoms with Crippen LogP contribution in [0, 0.1) is 0 Å². The quantitative estimate of drug-likeness (QED) is 0.786. The highest BCUT2D eigenvalue weighted by Gasteiger charge is 2.02. The predicted molar refractivity (Wildman–Crippen MR) is 81.8 cm³/mol. The summed E-state index contributed by atoms with van der Waals surface area (Å²) in [6, 6.07) is 14.4. The van der Waals surface area contributed by atoms with Crippen LogP contribution < -0.4 is 10.5 Å². The molecule has 106 valence electrons. The molecule has 2 N–H and O–H groups in total. The van der Waals surface area contributed by atoms with Gasteiger partial charge in [0.2, 0.25) is 5.88 Å². The van der Waals surface area contributed by atoms with Gasteiger partial charge < -0.3 is 10.5 Å². The van der Waals surface area contributed by atoms with Crippen LogP contribution in [0.2, 0.25) is 0 Å². The molecule has 1 heterocycles. The number of aromatic nitrogens is 1. The molecular formula is C17H22N2O. The van der Waals surface area contributed by atoms with Crippen LogP contribution >= 0.6 is 0 Å². The molecular weight excluding hydrogens is 248 g/mol. The van der Waals surface area contributed by atoms with Gasteiger partial charge in [0.25, 0.3) is 0 Å². The molecule has 0 saturated carbocycles. The summed E-state index contributed by atoms with van der Waals surface area (Å²) in [5.74, 6) is 0.692. The lowest BCUT2D eigenvalue weighted by Crippen LogP contribution is -2.05. The molecule has 0 atom stereocenters. The largest absolute Gasteiger partial charge is 0.478 e. The van der Waals surface area contributed by atoms with Crippen molar-refractivity contribution in [1.29, 1.82) is 0 Å². The Bertz CT molecular complexity index is 504. The minimum absolute atomic E-state index is 0.524. The molecule has 2 rings (SSSR count).